The van der Waals surface area contributed by atoms with E-state index in [4.69, 9.17) is 5.11 Å². The molecule has 0 saturated heterocycles. The van der Waals surface area contributed by atoms with Crippen LogP contribution in [0.1, 0.15) is 35.6 Å². The SMILES string of the molecule is Cc1cc2n(CC(=O)O)c(C=O)c(CN(C)C(C)C)c(=O)n2n1. The van der Waals surface area contributed by atoms with Gasteiger partial charge in [-0.1, -0.05) is 0 Å². The summed E-state index contributed by atoms with van der Waals surface area (Å²) in [5, 5.41) is 13.3. The van der Waals surface area contributed by atoms with E-state index in [-0.39, 0.29) is 23.8 Å². The minimum atomic E-state index is -1.10. The fourth-order valence-corrected chi connectivity index (χ4v) is 2.37. The second kappa shape index (κ2) is 6.33. The predicted octanol–water partition coefficient (Wildman–Crippen LogP) is 0.542. The first kappa shape index (κ1) is 16.9. The number of carboxylic acid groups (broad SMARTS) is 1. The Hall–Kier alpha value is -2.48. The number of aromatic nitrogens is 3. The van der Waals surface area contributed by atoms with Crippen molar-refractivity contribution in [1.82, 2.24) is 19.1 Å². The maximum atomic E-state index is 12.7. The molecule has 0 amide bonds. The van der Waals surface area contributed by atoms with Crippen LogP contribution in [0.3, 0.4) is 0 Å². The van der Waals surface area contributed by atoms with Crippen molar-refractivity contribution in [3.63, 3.8) is 0 Å². The van der Waals surface area contributed by atoms with Crippen molar-refractivity contribution in [1.29, 1.82) is 0 Å². The molecule has 0 unspecified atom stereocenters. The molecule has 0 aliphatic heterocycles. The third-order valence-electron chi connectivity index (χ3n) is 3.83. The van der Waals surface area contributed by atoms with Crippen molar-refractivity contribution in [3.05, 3.63) is 33.4 Å². The second-order valence-corrected chi connectivity index (χ2v) is 5.83. The van der Waals surface area contributed by atoms with E-state index < -0.39 is 18.1 Å². The molecular formula is C15H20N4O4. The predicted molar refractivity (Wildman–Crippen MR) is 83.8 cm³/mol. The first-order valence-electron chi connectivity index (χ1n) is 7.25. The average molecular weight is 320 g/mol. The second-order valence-electron chi connectivity index (χ2n) is 5.83. The van der Waals surface area contributed by atoms with Gasteiger partial charge in [0, 0.05) is 18.7 Å². The molecule has 8 nitrogen and oxygen atoms in total. The minimum absolute atomic E-state index is 0.0808. The molecule has 1 N–H and O–H groups in total. The third kappa shape index (κ3) is 3.16. The molecule has 0 spiro atoms. The molecule has 0 aromatic carbocycles. The number of aliphatic carboxylic acids is 1. The fourth-order valence-electron chi connectivity index (χ4n) is 2.37. The number of rotatable bonds is 6. The van der Waals surface area contributed by atoms with E-state index in [1.54, 1.807) is 13.0 Å². The summed E-state index contributed by atoms with van der Waals surface area (Å²) < 4.78 is 2.48. The molecule has 0 aliphatic carbocycles. The van der Waals surface area contributed by atoms with Crippen LogP contribution in [0.4, 0.5) is 0 Å². The van der Waals surface area contributed by atoms with E-state index in [0.29, 0.717) is 17.6 Å². The van der Waals surface area contributed by atoms with Gasteiger partial charge >= 0.3 is 5.97 Å². The van der Waals surface area contributed by atoms with Gasteiger partial charge in [0.2, 0.25) is 0 Å². The summed E-state index contributed by atoms with van der Waals surface area (Å²) in [6.45, 7) is 5.46. The standard InChI is InChI=1S/C15H20N4O4/c1-9(2)17(4)6-11-12(8-20)18(7-14(21)22)13-5-10(3)16-19(13)15(11)23/h5,8-9H,6-7H2,1-4H3,(H,21,22). The van der Waals surface area contributed by atoms with Crippen LogP contribution < -0.4 is 5.56 Å². The normalized spacial score (nSPS) is 11.6. The van der Waals surface area contributed by atoms with Crippen LogP contribution in [-0.4, -0.2) is 49.5 Å². The Morgan fingerprint density at radius 3 is 2.65 bits per heavy atom. The molecule has 0 saturated carbocycles. The average Bonchev–Trinajstić information content (AvgIpc) is 2.85. The Labute approximate surface area is 132 Å². The fraction of sp³-hybridized carbons (Fsp3) is 0.467. The molecule has 0 fully saturated rings. The highest BCUT2D eigenvalue weighted by molar-refractivity contribution is 5.78. The van der Waals surface area contributed by atoms with Gasteiger partial charge in [-0.15, -0.1) is 0 Å². The molecule has 124 valence electrons. The van der Waals surface area contributed by atoms with Crippen molar-refractivity contribution in [3.8, 4) is 0 Å². The number of hydrogen-bond acceptors (Lipinski definition) is 5. The summed E-state index contributed by atoms with van der Waals surface area (Å²) in [5.41, 5.74) is 0.801. The molecule has 2 rings (SSSR count). The molecule has 0 radical (unpaired) electrons. The molecule has 23 heavy (non-hydrogen) atoms. The molecule has 0 bridgehead atoms. The van der Waals surface area contributed by atoms with E-state index in [1.165, 1.54) is 4.57 Å². The molecule has 2 heterocycles. The zero-order valence-electron chi connectivity index (χ0n) is 13.6. The monoisotopic (exact) mass is 320 g/mol. The Balaban J connectivity index is 2.79. The molecule has 0 aliphatic rings. The Morgan fingerprint density at radius 1 is 1.48 bits per heavy atom. The highest BCUT2D eigenvalue weighted by Gasteiger charge is 2.21. The maximum Gasteiger partial charge on any atom is 0.323 e. The lowest BCUT2D eigenvalue weighted by Gasteiger charge is -2.22. The lowest BCUT2D eigenvalue weighted by molar-refractivity contribution is -0.137. The van der Waals surface area contributed by atoms with Crippen molar-refractivity contribution in [2.75, 3.05) is 7.05 Å². The molecular weight excluding hydrogens is 300 g/mol. The highest BCUT2D eigenvalue weighted by atomic mass is 16.4. The number of carboxylic acids is 1. The van der Waals surface area contributed by atoms with Crippen molar-refractivity contribution >= 4 is 17.9 Å². The Kier molecular flexibility index (Phi) is 4.65. The first-order chi connectivity index (χ1) is 10.8. The number of aryl methyl sites for hydroxylation is 1. The molecule has 0 atom stereocenters. The zero-order valence-corrected chi connectivity index (χ0v) is 13.6. The number of carbonyl (C=O) groups excluding carboxylic acids is 1. The number of fused-ring (bicyclic) bond motifs is 1. The van der Waals surface area contributed by atoms with Gasteiger partial charge in [-0.3, -0.25) is 19.3 Å². The Morgan fingerprint density at radius 2 is 2.13 bits per heavy atom. The van der Waals surface area contributed by atoms with Gasteiger partial charge in [-0.2, -0.15) is 9.61 Å². The quantitative estimate of drug-likeness (QED) is 0.780. The number of aldehydes is 1. The topological polar surface area (TPSA) is 96.9 Å². The number of nitrogens with zero attached hydrogens (tertiary/aromatic N) is 4. The summed E-state index contributed by atoms with van der Waals surface area (Å²) in [5.74, 6) is -1.10. The van der Waals surface area contributed by atoms with Crippen LogP contribution in [0.2, 0.25) is 0 Å². The summed E-state index contributed by atoms with van der Waals surface area (Å²) >= 11 is 0. The zero-order chi connectivity index (χ0) is 17.3. The van der Waals surface area contributed by atoms with Crippen molar-refractivity contribution in [2.24, 2.45) is 0 Å². The Bertz CT molecular complexity index is 819. The van der Waals surface area contributed by atoms with E-state index >= 15 is 0 Å². The largest absolute Gasteiger partial charge is 0.480 e. The first-order valence-corrected chi connectivity index (χ1v) is 7.25. The van der Waals surface area contributed by atoms with Crippen LogP contribution in [0.25, 0.3) is 5.65 Å². The van der Waals surface area contributed by atoms with Gasteiger partial charge in [-0.05, 0) is 27.8 Å². The van der Waals surface area contributed by atoms with Crippen LogP contribution in [0, 0.1) is 6.92 Å². The van der Waals surface area contributed by atoms with E-state index in [0.717, 1.165) is 4.52 Å². The van der Waals surface area contributed by atoms with Gasteiger partial charge < -0.3 is 9.67 Å². The summed E-state index contributed by atoms with van der Waals surface area (Å²) in [4.78, 5) is 37.3. The molecule has 2 aromatic heterocycles. The highest BCUT2D eigenvalue weighted by Crippen LogP contribution is 2.13. The minimum Gasteiger partial charge on any atom is -0.480 e. The maximum absolute atomic E-state index is 12.7. The number of carbonyl (C=O) groups is 2. The summed E-state index contributed by atoms with van der Waals surface area (Å²) in [7, 11) is 1.83. The van der Waals surface area contributed by atoms with Gasteiger partial charge in [0.15, 0.2) is 6.29 Å². The van der Waals surface area contributed by atoms with Crippen LogP contribution in [-0.2, 0) is 17.9 Å². The lowest BCUT2D eigenvalue weighted by atomic mass is 10.2. The number of hydrogen-bond donors (Lipinski definition) is 1. The van der Waals surface area contributed by atoms with E-state index in [2.05, 4.69) is 5.10 Å². The van der Waals surface area contributed by atoms with Crippen LogP contribution >= 0.6 is 0 Å². The smallest absolute Gasteiger partial charge is 0.323 e. The van der Waals surface area contributed by atoms with Crippen molar-refractivity contribution < 1.29 is 14.7 Å². The van der Waals surface area contributed by atoms with Gasteiger partial charge in [0.05, 0.1) is 17.0 Å². The van der Waals surface area contributed by atoms with Crippen LogP contribution in [0.5, 0.6) is 0 Å². The van der Waals surface area contributed by atoms with Crippen molar-refractivity contribution in [2.45, 2.75) is 39.9 Å². The van der Waals surface area contributed by atoms with Gasteiger partial charge in [0.25, 0.3) is 5.56 Å². The summed E-state index contributed by atoms with van der Waals surface area (Å²) in [6, 6.07) is 1.75. The van der Waals surface area contributed by atoms with E-state index in [1.807, 2.05) is 25.8 Å². The molecule has 8 heteroatoms. The molecule has 2 aromatic rings. The van der Waals surface area contributed by atoms with Gasteiger partial charge in [-0.25, -0.2) is 0 Å². The van der Waals surface area contributed by atoms with E-state index in [9.17, 15) is 14.4 Å². The lowest BCUT2D eigenvalue weighted by Crippen LogP contribution is -2.34. The summed E-state index contributed by atoms with van der Waals surface area (Å²) in [6.07, 6.45) is 0.538. The van der Waals surface area contributed by atoms with Gasteiger partial charge in [0.1, 0.15) is 12.2 Å². The van der Waals surface area contributed by atoms with Crippen LogP contribution in [0.15, 0.2) is 10.9 Å². The third-order valence-corrected chi connectivity index (χ3v) is 3.83.